The summed E-state index contributed by atoms with van der Waals surface area (Å²) in [5.74, 6) is -0.00510. The second-order valence-electron chi connectivity index (χ2n) is 8.85. The number of amides is 1. The Morgan fingerprint density at radius 3 is 2.28 bits per heavy atom. The topological polar surface area (TPSA) is 79.3 Å². The van der Waals surface area contributed by atoms with Gasteiger partial charge in [-0.15, -0.1) is 0 Å². The minimum Gasteiger partial charge on any atom is -0.507 e. The van der Waals surface area contributed by atoms with E-state index in [1.165, 1.54) is 0 Å². The number of hydrogen-bond acceptors (Lipinski definition) is 6. The molecule has 3 rings (SSSR count). The smallest absolute Gasteiger partial charge is 0.295 e. The number of carbonyl (C=O) groups is 2. The molecule has 194 valence electrons. The lowest BCUT2D eigenvalue weighted by molar-refractivity contribution is -0.140. The van der Waals surface area contributed by atoms with Crippen molar-refractivity contribution in [1.82, 2.24) is 9.80 Å². The second kappa shape index (κ2) is 12.6. The minimum atomic E-state index is -0.687. The molecule has 36 heavy (non-hydrogen) atoms. The molecule has 1 atom stereocenters. The quantitative estimate of drug-likeness (QED) is 0.256. The molecule has 1 aliphatic rings. The summed E-state index contributed by atoms with van der Waals surface area (Å²) in [4.78, 5) is 30.3. The molecule has 1 amide bonds. The van der Waals surface area contributed by atoms with Crippen LogP contribution in [-0.2, 0) is 9.59 Å². The highest BCUT2D eigenvalue weighted by molar-refractivity contribution is 6.46. The van der Waals surface area contributed by atoms with Crippen molar-refractivity contribution in [1.29, 1.82) is 0 Å². The van der Waals surface area contributed by atoms with Gasteiger partial charge in [0.05, 0.1) is 24.8 Å². The molecular formula is C29H38N2O5. The third-order valence-electron chi connectivity index (χ3n) is 6.51. The third-order valence-corrected chi connectivity index (χ3v) is 6.51. The maximum absolute atomic E-state index is 13.3. The largest absolute Gasteiger partial charge is 0.507 e. The van der Waals surface area contributed by atoms with E-state index in [1.54, 1.807) is 23.1 Å². The zero-order valence-corrected chi connectivity index (χ0v) is 22.0. The Hall–Kier alpha value is -3.32. The first-order valence-corrected chi connectivity index (χ1v) is 12.8. The van der Waals surface area contributed by atoms with Crippen LogP contribution < -0.4 is 9.47 Å². The predicted octanol–water partition coefficient (Wildman–Crippen LogP) is 4.95. The molecule has 0 spiro atoms. The molecule has 0 bridgehead atoms. The number of hydrogen-bond donors (Lipinski definition) is 1. The van der Waals surface area contributed by atoms with Crippen LogP contribution in [0.3, 0.4) is 0 Å². The molecule has 1 fully saturated rings. The van der Waals surface area contributed by atoms with Crippen molar-refractivity contribution in [3.8, 4) is 11.5 Å². The van der Waals surface area contributed by atoms with Crippen LogP contribution >= 0.6 is 0 Å². The van der Waals surface area contributed by atoms with Gasteiger partial charge >= 0.3 is 0 Å². The molecule has 1 heterocycles. The number of likely N-dealkylation sites (tertiary alicyclic amines) is 1. The van der Waals surface area contributed by atoms with Gasteiger partial charge in [-0.25, -0.2) is 0 Å². The fraction of sp³-hybridized carbons (Fsp3) is 0.448. The van der Waals surface area contributed by atoms with Crippen molar-refractivity contribution in [2.24, 2.45) is 0 Å². The summed E-state index contributed by atoms with van der Waals surface area (Å²) in [6, 6.07) is 12.0. The van der Waals surface area contributed by atoms with Gasteiger partial charge in [0, 0.05) is 18.7 Å². The Morgan fingerprint density at radius 2 is 1.69 bits per heavy atom. The molecular weight excluding hydrogens is 456 g/mol. The monoisotopic (exact) mass is 494 g/mol. The van der Waals surface area contributed by atoms with E-state index in [4.69, 9.17) is 9.47 Å². The van der Waals surface area contributed by atoms with E-state index in [0.29, 0.717) is 37.6 Å². The van der Waals surface area contributed by atoms with Crippen LogP contribution in [-0.4, -0.2) is 66.0 Å². The maximum Gasteiger partial charge on any atom is 0.295 e. The summed E-state index contributed by atoms with van der Waals surface area (Å²) in [6.07, 6.45) is 0.898. The number of aryl methyl sites for hydroxylation is 1. The highest BCUT2D eigenvalue weighted by atomic mass is 16.5. The average molecular weight is 495 g/mol. The Kier molecular flexibility index (Phi) is 9.53. The van der Waals surface area contributed by atoms with Crippen molar-refractivity contribution in [3.05, 3.63) is 64.7 Å². The lowest BCUT2D eigenvalue weighted by atomic mass is 9.94. The van der Waals surface area contributed by atoms with E-state index < -0.39 is 17.7 Å². The lowest BCUT2D eigenvalue weighted by Crippen LogP contribution is -2.38. The third kappa shape index (κ3) is 5.90. The van der Waals surface area contributed by atoms with Crippen LogP contribution in [0.5, 0.6) is 11.5 Å². The van der Waals surface area contributed by atoms with Crippen molar-refractivity contribution >= 4 is 17.4 Å². The van der Waals surface area contributed by atoms with Crippen LogP contribution in [0, 0.1) is 6.92 Å². The molecule has 1 saturated heterocycles. The van der Waals surface area contributed by atoms with Crippen molar-refractivity contribution < 1.29 is 24.2 Å². The first-order chi connectivity index (χ1) is 17.4. The van der Waals surface area contributed by atoms with Crippen LogP contribution in [0.2, 0.25) is 0 Å². The van der Waals surface area contributed by atoms with Crippen LogP contribution in [0.15, 0.2) is 48.0 Å². The summed E-state index contributed by atoms with van der Waals surface area (Å²) in [5, 5.41) is 11.3. The van der Waals surface area contributed by atoms with Crippen LogP contribution in [0.25, 0.3) is 5.76 Å². The summed E-state index contributed by atoms with van der Waals surface area (Å²) < 4.78 is 11.3. The SMILES string of the molecule is CCCOc1ccc(C2C(=C(O)c3ccc(OCC)c(C)c3)C(=O)C(=O)N2CCN(CC)CC)cc1. The number of Topliss-reactive ketones (excluding diaryl/α,β-unsaturated/α-hetero) is 1. The van der Waals surface area contributed by atoms with Gasteiger partial charge in [-0.2, -0.15) is 0 Å². The summed E-state index contributed by atoms with van der Waals surface area (Å²) >= 11 is 0. The maximum atomic E-state index is 13.3. The fourth-order valence-corrected chi connectivity index (χ4v) is 4.48. The van der Waals surface area contributed by atoms with Gasteiger partial charge in [-0.05, 0) is 74.8 Å². The minimum absolute atomic E-state index is 0.102. The molecule has 1 N–H and O–H groups in total. The first-order valence-electron chi connectivity index (χ1n) is 12.8. The highest BCUT2D eigenvalue weighted by Crippen LogP contribution is 2.40. The lowest BCUT2D eigenvalue weighted by Gasteiger charge is -2.28. The molecule has 0 aliphatic carbocycles. The Morgan fingerprint density at radius 1 is 1.00 bits per heavy atom. The number of aliphatic hydroxyl groups is 1. The molecule has 2 aromatic rings. The van der Waals surface area contributed by atoms with Gasteiger partial charge < -0.3 is 24.4 Å². The number of benzene rings is 2. The first kappa shape index (κ1) is 27.3. The number of aliphatic hydroxyl groups excluding tert-OH is 1. The van der Waals surface area contributed by atoms with Crippen molar-refractivity contribution in [3.63, 3.8) is 0 Å². The normalized spacial score (nSPS) is 17.2. The van der Waals surface area contributed by atoms with Gasteiger partial charge in [0.2, 0.25) is 0 Å². The number of rotatable bonds is 12. The number of ketones is 1. The molecule has 7 heteroatoms. The Bertz CT molecular complexity index is 1090. The van der Waals surface area contributed by atoms with Gasteiger partial charge in [0.25, 0.3) is 11.7 Å². The summed E-state index contributed by atoms with van der Waals surface area (Å²) in [5.41, 5.74) is 2.17. The van der Waals surface area contributed by atoms with Crippen molar-refractivity contribution in [2.75, 3.05) is 39.4 Å². The molecule has 0 radical (unpaired) electrons. The predicted molar refractivity (Wildman–Crippen MR) is 141 cm³/mol. The van der Waals surface area contributed by atoms with Crippen molar-refractivity contribution in [2.45, 2.75) is 47.1 Å². The van der Waals surface area contributed by atoms with E-state index in [0.717, 1.165) is 36.4 Å². The van der Waals surface area contributed by atoms with E-state index in [2.05, 4.69) is 18.7 Å². The molecule has 0 aromatic heterocycles. The number of nitrogens with zero attached hydrogens (tertiary/aromatic N) is 2. The Balaban J connectivity index is 2.06. The number of likely N-dealkylation sites (N-methyl/N-ethyl adjacent to an activating group) is 1. The highest BCUT2D eigenvalue weighted by Gasteiger charge is 2.46. The van der Waals surface area contributed by atoms with E-state index in [9.17, 15) is 14.7 Å². The zero-order chi connectivity index (χ0) is 26.2. The Labute approximate surface area is 214 Å². The second-order valence-corrected chi connectivity index (χ2v) is 8.85. The van der Waals surface area contributed by atoms with Crippen LogP contribution in [0.4, 0.5) is 0 Å². The molecule has 2 aromatic carbocycles. The molecule has 1 aliphatic heterocycles. The van der Waals surface area contributed by atoms with Gasteiger partial charge in [-0.1, -0.05) is 32.9 Å². The molecule has 1 unspecified atom stereocenters. The summed E-state index contributed by atoms with van der Waals surface area (Å²) in [6.45, 7) is 13.8. The standard InChI is InChI=1S/C29H38N2O5/c1-6-18-36-23-13-10-21(11-14-23)26-25(27(32)22-12-15-24(35-9-4)20(5)19-22)28(33)29(34)31(26)17-16-30(7-2)8-3/h10-15,19,26,32H,6-9,16-18H2,1-5H3. The zero-order valence-electron chi connectivity index (χ0n) is 22.0. The number of ether oxygens (including phenoxy) is 2. The molecule has 7 nitrogen and oxygen atoms in total. The van der Waals surface area contributed by atoms with E-state index in [-0.39, 0.29) is 11.3 Å². The fourth-order valence-electron chi connectivity index (χ4n) is 4.48. The van der Waals surface area contributed by atoms with Crippen LogP contribution in [0.1, 0.15) is 56.8 Å². The van der Waals surface area contributed by atoms with Gasteiger partial charge in [0.1, 0.15) is 17.3 Å². The van der Waals surface area contributed by atoms with E-state index >= 15 is 0 Å². The van der Waals surface area contributed by atoms with Gasteiger partial charge in [0.15, 0.2) is 0 Å². The van der Waals surface area contributed by atoms with E-state index in [1.807, 2.05) is 45.0 Å². The average Bonchev–Trinajstić information content (AvgIpc) is 3.14. The van der Waals surface area contributed by atoms with Gasteiger partial charge in [-0.3, -0.25) is 9.59 Å². The molecule has 0 saturated carbocycles. The number of carbonyl (C=O) groups excluding carboxylic acids is 2. The summed E-state index contributed by atoms with van der Waals surface area (Å²) in [7, 11) is 0.